The van der Waals surface area contributed by atoms with Gasteiger partial charge in [-0.15, -0.1) is 0 Å². The van der Waals surface area contributed by atoms with Crippen LogP contribution in [0.15, 0.2) is 18.2 Å². The third kappa shape index (κ3) is 4.71. The molecular formula is C13H17ClN2O4. The minimum Gasteiger partial charge on any atom is -0.478 e. The monoisotopic (exact) mass is 300 g/mol. The molecule has 0 aliphatic heterocycles. The van der Waals surface area contributed by atoms with Crippen molar-refractivity contribution in [1.82, 2.24) is 4.90 Å². The van der Waals surface area contributed by atoms with Crippen molar-refractivity contribution in [3.63, 3.8) is 0 Å². The summed E-state index contributed by atoms with van der Waals surface area (Å²) >= 11 is 5.91. The van der Waals surface area contributed by atoms with Gasteiger partial charge in [0.15, 0.2) is 0 Å². The van der Waals surface area contributed by atoms with Crippen LogP contribution < -0.4 is 5.32 Å². The number of hydrogen-bond acceptors (Lipinski definition) is 3. The van der Waals surface area contributed by atoms with Gasteiger partial charge in [-0.2, -0.15) is 0 Å². The Morgan fingerprint density at radius 2 is 2.10 bits per heavy atom. The number of aromatic carboxylic acids is 1. The molecule has 6 nitrogen and oxygen atoms in total. The lowest BCUT2D eigenvalue weighted by Crippen LogP contribution is -2.33. The van der Waals surface area contributed by atoms with Crippen molar-refractivity contribution in [2.24, 2.45) is 0 Å². The number of halogens is 1. The molecule has 0 aliphatic carbocycles. The minimum atomic E-state index is -1.10. The summed E-state index contributed by atoms with van der Waals surface area (Å²) in [5.74, 6) is -1.10. The van der Waals surface area contributed by atoms with Crippen LogP contribution in [-0.4, -0.2) is 46.8 Å². The molecule has 1 aromatic carbocycles. The highest BCUT2D eigenvalue weighted by Crippen LogP contribution is 2.23. The standard InChI is InChI=1S/C13H17ClN2O4/c1-8(17)5-6-16(2)13(20)15-11-7-9(12(18)19)3-4-10(11)14/h3-4,7-8,17H,5-6H2,1-2H3,(H,15,20)(H,18,19). The number of hydrogen-bond donors (Lipinski definition) is 3. The lowest BCUT2D eigenvalue weighted by molar-refractivity contribution is 0.0697. The molecule has 3 N–H and O–H groups in total. The zero-order valence-corrected chi connectivity index (χ0v) is 12.0. The van der Waals surface area contributed by atoms with Gasteiger partial charge in [-0.25, -0.2) is 9.59 Å². The predicted octanol–water partition coefficient (Wildman–Crippen LogP) is 2.27. The lowest BCUT2D eigenvalue weighted by Gasteiger charge is -2.19. The van der Waals surface area contributed by atoms with E-state index in [1.807, 2.05) is 0 Å². The van der Waals surface area contributed by atoms with Crippen LogP contribution in [0.3, 0.4) is 0 Å². The first-order valence-corrected chi connectivity index (χ1v) is 6.42. The zero-order valence-electron chi connectivity index (χ0n) is 11.3. The number of nitrogens with zero attached hydrogens (tertiary/aromatic N) is 1. The van der Waals surface area contributed by atoms with Crippen LogP contribution in [0.5, 0.6) is 0 Å². The number of carbonyl (C=O) groups is 2. The number of urea groups is 1. The summed E-state index contributed by atoms with van der Waals surface area (Å²) in [6.07, 6.45) is -0.0449. The summed E-state index contributed by atoms with van der Waals surface area (Å²) in [6.45, 7) is 2.01. The molecule has 7 heteroatoms. The van der Waals surface area contributed by atoms with E-state index in [2.05, 4.69) is 5.32 Å². The number of benzene rings is 1. The van der Waals surface area contributed by atoms with Crippen molar-refractivity contribution < 1.29 is 19.8 Å². The fourth-order valence-corrected chi connectivity index (χ4v) is 1.61. The topological polar surface area (TPSA) is 89.9 Å². The smallest absolute Gasteiger partial charge is 0.335 e. The Morgan fingerprint density at radius 3 is 2.65 bits per heavy atom. The van der Waals surface area contributed by atoms with Crippen molar-refractivity contribution in [3.8, 4) is 0 Å². The molecule has 0 radical (unpaired) electrons. The van der Waals surface area contributed by atoms with Gasteiger partial charge >= 0.3 is 12.0 Å². The number of anilines is 1. The van der Waals surface area contributed by atoms with Gasteiger partial charge in [0.25, 0.3) is 0 Å². The second kappa shape index (κ2) is 7.12. The van der Waals surface area contributed by atoms with Crippen molar-refractivity contribution in [2.75, 3.05) is 18.9 Å². The summed E-state index contributed by atoms with van der Waals surface area (Å²) in [4.78, 5) is 24.1. The quantitative estimate of drug-likeness (QED) is 0.778. The summed E-state index contributed by atoms with van der Waals surface area (Å²) in [7, 11) is 1.58. The Labute approximate surface area is 122 Å². The SMILES string of the molecule is CC(O)CCN(C)C(=O)Nc1cc(C(=O)O)ccc1Cl. The Hall–Kier alpha value is -1.79. The number of aliphatic hydroxyl groups excluding tert-OH is 1. The van der Waals surface area contributed by atoms with Crippen molar-refractivity contribution in [3.05, 3.63) is 28.8 Å². The molecule has 0 saturated carbocycles. The summed E-state index contributed by atoms with van der Waals surface area (Å²) in [5, 5.41) is 20.9. The van der Waals surface area contributed by atoms with Crippen LogP contribution in [0.2, 0.25) is 5.02 Å². The highest BCUT2D eigenvalue weighted by atomic mass is 35.5. The largest absolute Gasteiger partial charge is 0.478 e. The maximum Gasteiger partial charge on any atom is 0.335 e. The summed E-state index contributed by atoms with van der Waals surface area (Å²) in [6, 6.07) is 3.65. The minimum absolute atomic E-state index is 0.0383. The third-order valence-corrected chi connectivity index (χ3v) is 3.01. The van der Waals surface area contributed by atoms with E-state index in [0.29, 0.717) is 13.0 Å². The first kappa shape index (κ1) is 16.3. The van der Waals surface area contributed by atoms with Gasteiger partial charge in [0, 0.05) is 13.6 Å². The average Bonchev–Trinajstić information content (AvgIpc) is 2.37. The molecule has 20 heavy (non-hydrogen) atoms. The Kier molecular flexibility index (Phi) is 5.79. The van der Waals surface area contributed by atoms with Gasteiger partial charge in [0.2, 0.25) is 0 Å². The van der Waals surface area contributed by atoms with E-state index in [9.17, 15) is 9.59 Å². The van der Waals surface area contributed by atoms with Gasteiger partial charge in [-0.1, -0.05) is 11.6 Å². The lowest BCUT2D eigenvalue weighted by atomic mass is 10.2. The van der Waals surface area contributed by atoms with E-state index in [-0.39, 0.29) is 16.3 Å². The second-order valence-corrected chi connectivity index (χ2v) is 4.90. The van der Waals surface area contributed by atoms with E-state index in [4.69, 9.17) is 21.8 Å². The van der Waals surface area contributed by atoms with E-state index in [0.717, 1.165) is 0 Å². The third-order valence-electron chi connectivity index (χ3n) is 2.68. The van der Waals surface area contributed by atoms with Crippen LogP contribution in [0.25, 0.3) is 0 Å². The van der Waals surface area contributed by atoms with E-state index < -0.39 is 18.1 Å². The number of aliphatic hydroxyl groups is 1. The number of nitrogens with one attached hydrogen (secondary N) is 1. The van der Waals surface area contributed by atoms with Gasteiger partial charge < -0.3 is 20.4 Å². The molecule has 0 aromatic heterocycles. The molecule has 1 rings (SSSR count). The number of carboxylic acid groups (broad SMARTS) is 1. The second-order valence-electron chi connectivity index (χ2n) is 4.49. The molecule has 0 spiro atoms. The predicted molar refractivity (Wildman–Crippen MR) is 76.4 cm³/mol. The molecule has 1 aromatic rings. The van der Waals surface area contributed by atoms with Crippen LogP contribution >= 0.6 is 11.6 Å². The van der Waals surface area contributed by atoms with E-state index in [1.54, 1.807) is 14.0 Å². The molecule has 0 aliphatic rings. The van der Waals surface area contributed by atoms with Crippen LogP contribution in [0.1, 0.15) is 23.7 Å². The molecule has 110 valence electrons. The fraction of sp³-hybridized carbons (Fsp3) is 0.385. The van der Waals surface area contributed by atoms with Crippen molar-refractivity contribution in [2.45, 2.75) is 19.4 Å². The van der Waals surface area contributed by atoms with E-state index in [1.165, 1.54) is 23.1 Å². The molecule has 1 atom stereocenters. The highest BCUT2D eigenvalue weighted by molar-refractivity contribution is 6.33. The Balaban J connectivity index is 2.74. The first-order valence-electron chi connectivity index (χ1n) is 6.04. The first-order chi connectivity index (χ1) is 9.31. The molecule has 1 unspecified atom stereocenters. The number of carboxylic acids is 1. The Morgan fingerprint density at radius 1 is 1.45 bits per heavy atom. The van der Waals surface area contributed by atoms with Gasteiger partial charge in [-0.05, 0) is 31.5 Å². The zero-order chi connectivity index (χ0) is 15.3. The fourth-order valence-electron chi connectivity index (χ4n) is 1.45. The van der Waals surface area contributed by atoms with Crippen molar-refractivity contribution in [1.29, 1.82) is 0 Å². The van der Waals surface area contributed by atoms with Gasteiger partial charge in [0.1, 0.15) is 0 Å². The molecular weight excluding hydrogens is 284 g/mol. The summed E-state index contributed by atoms with van der Waals surface area (Å²) in [5.41, 5.74) is 0.275. The molecule has 0 saturated heterocycles. The normalized spacial score (nSPS) is 11.8. The van der Waals surface area contributed by atoms with Gasteiger partial charge in [0.05, 0.1) is 22.4 Å². The molecule has 2 amide bonds. The number of rotatable bonds is 5. The maximum atomic E-state index is 11.9. The van der Waals surface area contributed by atoms with E-state index >= 15 is 0 Å². The Bertz CT molecular complexity index is 505. The maximum absolute atomic E-state index is 11.9. The molecule has 0 bridgehead atoms. The summed E-state index contributed by atoms with van der Waals surface area (Å²) < 4.78 is 0. The van der Waals surface area contributed by atoms with Crippen molar-refractivity contribution >= 4 is 29.3 Å². The van der Waals surface area contributed by atoms with Crippen LogP contribution in [0.4, 0.5) is 10.5 Å². The highest BCUT2D eigenvalue weighted by Gasteiger charge is 2.13. The number of amides is 2. The van der Waals surface area contributed by atoms with Crippen LogP contribution in [0, 0.1) is 0 Å². The average molecular weight is 301 g/mol. The number of carbonyl (C=O) groups excluding carboxylic acids is 1. The molecule has 0 fully saturated rings. The molecule has 0 heterocycles. The van der Waals surface area contributed by atoms with Gasteiger partial charge in [-0.3, -0.25) is 0 Å². The van der Waals surface area contributed by atoms with Crippen LogP contribution in [-0.2, 0) is 0 Å².